The van der Waals surface area contributed by atoms with Crippen LogP contribution in [0.1, 0.15) is 17.4 Å². The number of pyridine rings is 1. The second-order valence-corrected chi connectivity index (χ2v) is 3.00. The van der Waals surface area contributed by atoms with Crippen molar-refractivity contribution in [3.8, 4) is 0 Å². The van der Waals surface area contributed by atoms with Gasteiger partial charge in [-0.15, -0.1) is 0 Å². The van der Waals surface area contributed by atoms with Gasteiger partial charge in [0.05, 0.1) is 18.3 Å². The van der Waals surface area contributed by atoms with E-state index >= 15 is 0 Å². The summed E-state index contributed by atoms with van der Waals surface area (Å²) in [4.78, 5) is 17.6. The van der Waals surface area contributed by atoms with E-state index in [4.69, 9.17) is 4.74 Å². The van der Waals surface area contributed by atoms with Crippen molar-refractivity contribution in [3.05, 3.63) is 30.0 Å². The number of hydrogen-bond acceptors (Lipinski definition) is 3. The van der Waals surface area contributed by atoms with Crippen LogP contribution in [0.4, 0.5) is 4.39 Å². The Labute approximate surface area is 85.1 Å². The van der Waals surface area contributed by atoms with Gasteiger partial charge in [0.2, 0.25) is 5.95 Å². The van der Waals surface area contributed by atoms with Gasteiger partial charge in [-0.2, -0.15) is 4.39 Å². The third-order valence-electron chi connectivity index (χ3n) is 1.97. The molecule has 0 amide bonds. The van der Waals surface area contributed by atoms with Crippen LogP contribution >= 0.6 is 0 Å². The van der Waals surface area contributed by atoms with Crippen molar-refractivity contribution in [1.29, 1.82) is 0 Å². The Morgan fingerprint density at radius 2 is 2.40 bits per heavy atom. The molecule has 15 heavy (non-hydrogen) atoms. The fraction of sp³-hybridized carbons (Fsp3) is 0.200. The number of nitrogens with one attached hydrogen (secondary N) is 1. The topological polar surface area (TPSA) is 55.0 Å². The second-order valence-electron chi connectivity index (χ2n) is 3.00. The van der Waals surface area contributed by atoms with E-state index in [-0.39, 0.29) is 0 Å². The zero-order valence-electron chi connectivity index (χ0n) is 8.08. The maximum absolute atomic E-state index is 12.8. The zero-order valence-corrected chi connectivity index (χ0v) is 8.08. The highest BCUT2D eigenvalue weighted by Crippen LogP contribution is 2.15. The number of ether oxygens (including phenoxy) is 1. The first-order chi connectivity index (χ1) is 7.20. The third kappa shape index (κ3) is 1.81. The molecule has 0 saturated heterocycles. The van der Waals surface area contributed by atoms with Gasteiger partial charge in [-0.1, -0.05) is 0 Å². The lowest BCUT2D eigenvalue weighted by atomic mass is 10.3. The van der Waals surface area contributed by atoms with Gasteiger partial charge in [-0.25, -0.2) is 9.78 Å². The summed E-state index contributed by atoms with van der Waals surface area (Å²) >= 11 is 0. The van der Waals surface area contributed by atoms with Crippen LogP contribution < -0.4 is 0 Å². The number of esters is 1. The molecule has 0 bridgehead atoms. The van der Waals surface area contributed by atoms with E-state index < -0.39 is 11.9 Å². The van der Waals surface area contributed by atoms with Crippen LogP contribution in [0.5, 0.6) is 0 Å². The molecule has 0 aliphatic rings. The molecule has 78 valence electrons. The van der Waals surface area contributed by atoms with E-state index in [1.54, 1.807) is 6.92 Å². The lowest BCUT2D eigenvalue weighted by molar-refractivity contribution is 0.0520. The Morgan fingerprint density at radius 3 is 3.13 bits per heavy atom. The fourth-order valence-corrected chi connectivity index (χ4v) is 1.32. The monoisotopic (exact) mass is 208 g/mol. The number of carbonyl (C=O) groups excluding carboxylic acids is 1. The minimum Gasteiger partial charge on any atom is -0.461 e. The molecular formula is C10H9FN2O2. The van der Waals surface area contributed by atoms with Crippen LogP contribution in [0.15, 0.2) is 18.3 Å². The number of fused-ring (bicyclic) bond motifs is 1. The van der Waals surface area contributed by atoms with E-state index in [2.05, 4.69) is 9.97 Å². The molecule has 2 rings (SSSR count). The molecule has 0 spiro atoms. The summed E-state index contributed by atoms with van der Waals surface area (Å²) in [6, 6.07) is 2.80. The standard InChI is InChI=1S/C10H9FN2O2/c1-2-15-10(14)7-3-6-4-9(11)12-5-8(6)13-7/h3-5,13H,2H2,1H3. The van der Waals surface area contributed by atoms with Crippen LogP contribution in [-0.4, -0.2) is 22.5 Å². The average Bonchev–Trinajstić information content (AvgIpc) is 2.60. The van der Waals surface area contributed by atoms with Gasteiger partial charge < -0.3 is 9.72 Å². The number of hydrogen-bond donors (Lipinski definition) is 1. The van der Waals surface area contributed by atoms with Crippen molar-refractivity contribution in [2.45, 2.75) is 6.92 Å². The smallest absolute Gasteiger partial charge is 0.354 e. The molecule has 2 heterocycles. The highest BCUT2D eigenvalue weighted by molar-refractivity contribution is 5.94. The number of aromatic amines is 1. The average molecular weight is 208 g/mol. The second kappa shape index (κ2) is 3.68. The van der Waals surface area contributed by atoms with Gasteiger partial charge in [-0.3, -0.25) is 0 Å². The molecule has 0 saturated carbocycles. The minimum atomic E-state index is -0.572. The molecule has 2 aromatic rings. The summed E-state index contributed by atoms with van der Waals surface area (Å²) in [6.07, 6.45) is 1.34. The van der Waals surface area contributed by atoms with E-state index in [9.17, 15) is 9.18 Å². The molecule has 0 aromatic carbocycles. The maximum Gasteiger partial charge on any atom is 0.354 e. The van der Waals surface area contributed by atoms with Crippen LogP contribution in [0.25, 0.3) is 10.9 Å². The highest BCUT2D eigenvalue weighted by atomic mass is 19.1. The summed E-state index contributed by atoms with van der Waals surface area (Å²) in [5.41, 5.74) is 0.915. The van der Waals surface area contributed by atoms with Crippen LogP contribution in [-0.2, 0) is 4.74 Å². The first-order valence-corrected chi connectivity index (χ1v) is 4.52. The number of halogens is 1. The molecule has 2 aromatic heterocycles. The van der Waals surface area contributed by atoms with Gasteiger partial charge >= 0.3 is 5.97 Å². The first kappa shape index (κ1) is 9.64. The lowest BCUT2D eigenvalue weighted by Crippen LogP contribution is -2.04. The van der Waals surface area contributed by atoms with Crippen LogP contribution in [0.2, 0.25) is 0 Å². The number of nitrogens with zero attached hydrogens (tertiary/aromatic N) is 1. The summed E-state index contributed by atoms with van der Waals surface area (Å²) in [5.74, 6) is -1.02. The number of H-pyrrole nitrogens is 1. The molecule has 5 heteroatoms. The SMILES string of the molecule is CCOC(=O)c1cc2cc(F)ncc2[nH]1. The maximum atomic E-state index is 12.8. The van der Waals surface area contributed by atoms with E-state index in [1.165, 1.54) is 18.3 Å². The molecule has 1 N–H and O–H groups in total. The predicted octanol–water partition coefficient (Wildman–Crippen LogP) is 1.88. The third-order valence-corrected chi connectivity index (χ3v) is 1.97. The van der Waals surface area contributed by atoms with Crippen molar-refractivity contribution in [2.24, 2.45) is 0 Å². The Bertz CT molecular complexity index is 507. The quantitative estimate of drug-likeness (QED) is 0.605. The summed E-state index contributed by atoms with van der Waals surface area (Å²) < 4.78 is 17.6. The highest BCUT2D eigenvalue weighted by Gasteiger charge is 2.10. The van der Waals surface area contributed by atoms with Crippen molar-refractivity contribution >= 4 is 16.9 Å². The zero-order chi connectivity index (χ0) is 10.8. The minimum absolute atomic E-state index is 0.305. The van der Waals surface area contributed by atoms with Crippen molar-refractivity contribution in [1.82, 2.24) is 9.97 Å². The largest absolute Gasteiger partial charge is 0.461 e. The van der Waals surface area contributed by atoms with E-state index in [1.807, 2.05) is 0 Å². The van der Waals surface area contributed by atoms with Crippen molar-refractivity contribution in [2.75, 3.05) is 6.61 Å². The van der Waals surface area contributed by atoms with Gasteiger partial charge in [0, 0.05) is 11.5 Å². The molecule has 4 nitrogen and oxygen atoms in total. The molecule has 0 radical (unpaired) electrons. The molecule has 0 unspecified atom stereocenters. The van der Waals surface area contributed by atoms with Crippen molar-refractivity contribution in [3.63, 3.8) is 0 Å². The van der Waals surface area contributed by atoms with Gasteiger partial charge in [0.15, 0.2) is 0 Å². The van der Waals surface area contributed by atoms with Crippen LogP contribution in [0.3, 0.4) is 0 Å². The van der Waals surface area contributed by atoms with Gasteiger partial charge in [0.1, 0.15) is 5.69 Å². The van der Waals surface area contributed by atoms with Crippen molar-refractivity contribution < 1.29 is 13.9 Å². The van der Waals surface area contributed by atoms with Crippen LogP contribution in [0, 0.1) is 5.95 Å². The summed E-state index contributed by atoms with van der Waals surface area (Å²) in [7, 11) is 0. The Kier molecular flexibility index (Phi) is 2.37. The number of carbonyl (C=O) groups is 1. The molecule has 0 fully saturated rings. The van der Waals surface area contributed by atoms with Gasteiger partial charge in [-0.05, 0) is 13.0 Å². The van der Waals surface area contributed by atoms with E-state index in [0.29, 0.717) is 23.2 Å². The lowest BCUT2D eigenvalue weighted by Gasteiger charge is -1.96. The van der Waals surface area contributed by atoms with Gasteiger partial charge in [0.25, 0.3) is 0 Å². The Hall–Kier alpha value is -1.91. The predicted molar refractivity (Wildman–Crippen MR) is 52.0 cm³/mol. The Morgan fingerprint density at radius 1 is 1.60 bits per heavy atom. The summed E-state index contributed by atoms with van der Waals surface area (Å²) in [6.45, 7) is 2.03. The fourth-order valence-electron chi connectivity index (χ4n) is 1.32. The summed E-state index contributed by atoms with van der Waals surface area (Å²) in [5, 5.41) is 0.602. The first-order valence-electron chi connectivity index (χ1n) is 4.52. The molecular weight excluding hydrogens is 199 g/mol. The molecule has 0 aliphatic carbocycles. The molecule has 0 aliphatic heterocycles. The molecule has 0 atom stereocenters. The Balaban J connectivity index is 2.42. The number of rotatable bonds is 2. The van der Waals surface area contributed by atoms with E-state index in [0.717, 1.165) is 0 Å². The normalized spacial score (nSPS) is 10.5. The number of aromatic nitrogens is 2.